The van der Waals surface area contributed by atoms with Crippen LogP contribution in [-0.2, 0) is 19.3 Å². The Balaban J connectivity index is 1.75. The number of aromatic nitrogens is 2. The van der Waals surface area contributed by atoms with Gasteiger partial charge in [-0.15, -0.1) is 0 Å². The lowest BCUT2D eigenvalue weighted by atomic mass is 9.92. The molecule has 0 aliphatic heterocycles. The van der Waals surface area contributed by atoms with E-state index in [-0.39, 0.29) is 0 Å². The number of H-pyrrole nitrogens is 1. The first-order chi connectivity index (χ1) is 12.7. The summed E-state index contributed by atoms with van der Waals surface area (Å²) in [4.78, 5) is 4.50. The van der Waals surface area contributed by atoms with Crippen LogP contribution >= 0.6 is 11.5 Å². The quantitative estimate of drug-likeness (QED) is 0.424. The summed E-state index contributed by atoms with van der Waals surface area (Å²) in [5, 5.41) is 1.23. The molecule has 0 saturated heterocycles. The van der Waals surface area contributed by atoms with Gasteiger partial charge < -0.3 is 4.98 Å². The third-order valence-corrected chi connectivity index (χ3v) is 6.03. The summed E-state index contributed by atoms with van der Waals surface area (Å²) in [6.45, 7) is 6.76. The van der Waals surface area contributed by atoms with Gasteiger partial charge in [-0.3, -0.25) is 0 Å². The van der Waals surface area contributed by atoms with E-state index in [2.05, 4.69) is 68.2 Å². The number of hydrogen-bond donors (Lipinski definition) is 1. The van der Waals surface area contributed by atoms with Crippen molar-refractivity contribution in [3.05, 3.63) is 65.4 Å². The van der Waals surface area contributed by atoms with Gasteiger partial charge in [-0.1, -0.05) is 39.0 Å². The summed E-state index contributed by atoms with van der Waals surface area (Å²) >= 11 is 1.60. The van der Waals surface area contributed by atoms with Crippen molar-refractivity contribution in [1.29, 1.82) is 0 Å². The molecule has 132 valence electrons. The number of rotatable bonds is 5. The maximum Gasteiger partial charge on any atom is 0.0847 e. The first-order valence-corrected chi connectivity index (χ1v) is 10.2. The molecule has 1 N–H and O–H groups in total. The molecule has 4 rings (SSSR count). The van der Waals surface area contributed by atoms with Crippen molar-refractivity contribution in [2.24, 2.45) is 0 Å². The number of nitrogens with one attached hydrogen (secondary N) is 1. The largest absolute Gasteiger partial charge is 0.361 e. The third-order valence-electron chi connectivity index (χ3n) is 5.19. The van der Waals surface area contributed by atoms with Gasteiger partial charge in [-0.2, -0.15) is 4.37 Å². The Morgan fingerprint density at radius 2 is 1.62 bits per heavy atom. The molecule has 0 fully saturated rings. The molecule has 2 aromatic carbocycles. The summed E-state index contributed by atoms with van der Waals surface area (Å²) < 4.78 is 4.74. The SMILES string of the molecule is CCc1cc(-c2cc(-c3ccc4[nH]ccc4c3)ns2)cc(CC)c1CC. The molecular formula is C23H24N2S. The average molecular weight is 361 g/mol. The molecule has 0 aliphatic rings. The zero-order chi connectivity index (χ0) is 18.1. The Morgan fingerprint density at radius 1 is 0.846 bits per heavy atom. The summed E-state index contributed by atoms with van der Waals surface area (Å²) in [5.74, 6) is 0. The van der Waals surface area contributed by atoms with Crippen LogP contribution in [0.3, 0.4) is 0 Å². The third kappa shape index (κ3) is 2.97. The van der Waals surface area contributed by atoms with Crippen molar-refractivity contribution >= 4 is 22.4 Å². The van der Waals surface area contributed by atoms with Crippen molar-refractivity contribution in [2.75, 3.05) is 0 Å². The Morgan fingerprint density at radius 3 is 2.31 bits per heavy atom. The highest BCUT2D eigenvalue weighted by molar-refractivity contribution is 7.09. The molecule has 3 heteroatoms. The van der Waals surface area contributed by atoms with Gasteiger partial charge in [-0.25, -0.2) is 0 Å². The maximum atomic E-state index is 4.74. The fourth-order valence-corrected chi connectivity index (χ4v) is 4.53. The van der Waals surface area contributed by atoms with Crippen LogP contribution in [-0.4, -0.2) is 9.36 Å². The van der Waals surface area contributed by atoms with E-state index in [4.69, 9.17) is 4.37 Å². The van der Waals surface area contributed by atoms with Gasteiger partial charge in [0.05, 0.1) is 10.6 Å². The first kappa shape index (κ1) is 17.0. The highest BCUT2D eigenvalue weighted by Crippen LogP contribution is 2.33. The second-order valence-electron chi connectivity index (χ2n) is 6.69. The van der Waals surface area contributed by atoms with Gasteiger partial charge in [0.15, 0.2) is 0 Å². The predicted octanol–water partition coefficient (Wildman–Crippen LogP) is 6.65. The number of aromatic amines is 1. The van der Waals surface area contributed by atoms with Gasteiger partial charge in [0.2, 0.25) is 0 Å². The molecule has 2 aromatic heterocycles. The van der Waals surface area contributed by atoms with E-state index in [1.807, 2.05) is 6.20 Å². The summed E-state index contributed by atoms with van der Waals surface area (Å²) in [7, 11) is 0. The number of nitrogens with zero attached hydrogens (tertiary/aromatic N) is 1. The zero-order valence-corrected chi connectivity index (χ0v) is 16.4. The van der Waals surface area contributed by atoms with Crippen molar-refractivity contribution in [3.63, 3.8) is 0 Å². The van der Waals surface area contributed by atoms with E-state index in [1.165, 1.54) is 43.6 Å². The number of hydrogen-bond acceptors (Lipinski definition) is 2. The molecule has 2 nitrogen and oxygen atoms in total. The highest BCUT2D eigenvalue weighted by atomic mass is 32.1. The van der Waals surface area contributed by atoms with Crippen LogP contribution < -0.4 is 0 Å². The normalized spacial score (nSPS) is 11.3. The minimum atomic E-state index is 1.06. The lowest BCUT2D eigenvalue weighted by Crippen LogP contribution is -1.98. The summed E-state index contributed by atoms with van der Waals surface area (Å²) in [5.41, 5.74) is 9.19. The van der Waals surface area contributed by atoms with Crippen molar-refractivity contribution < 1.29 is 0 Å². The van der Waals surface area contributed by atoms with E-state index >= 15 is 0 Å². The van der Waals surface area contributed by atoms with Crippen LogP contribution in [0.4, 0.5) is 0 Å². The molecule has 26 heavy (non-hydrogen) atoms. The number of fused-ring (bicyclic) bond motifs is 1. The molecule has 0 saturated carbocycles. The first-order valence-electron chi connectivity index (χ1n) is 9.42. The Bertz CT molecular complexity index is 1030. The second kappa shape index (κ2) is 7.08. The lowest BCUT2D eigenvalue weighted by molar-refractivity contribution is 0.982. The van der Waals surface area contributed by atoms with Gasteiger partial charge in [0.1, 0.15) is 0 Å². The van der Waals surface area contributed by atoms with Crippen LogP contribution in [0.1, 0.15) is 37.5 Å². The van der Waals surface area contributed by atoms with Crippen LogP contribution in [0, 0.1) is 0 Å². The Hall–Kier alpha value is -2.39. The van der Waals surface area contributed by atoms with Crippen molar-refractivity contribution in [2.45, 2.75) is 40.0 Å². The fourth-order valence-electron chi connectivity index (χ4n) is 3.78. The maximum absolute atomic E-state index is 4.74. The van der Waals surface area contributed by atoms with E-state index < -0.39 is 0 Å². The molecule has 0 atom stereocenters. The van der Waals surface area contributed by atoms with Gasteiger partial charge >= 0.3 is 0 Å². The van der Waals surface area contributed by atoms with Crippen LogP contribution in [0.2, 0.25) is 0 Å². The van der Waals surface area contributed by atoms with E-state index in [1.54, 1.807) is 11.5 Å². The monoisotopic (exact) mass is 360 g/mol. The number of aryl methyl sites for hydroxylation is 2. The molecule has 2 heterocycles. The van der Waals surface area contributed by atoms with Crippen LogP contribution in [0.15, 0.2) is 48.7 Å². The molecule has 4 aromatic rings. The number of benzene rings is 2. The average Bonchev–Trinajstić information content (AvgIpc) is 3.35. The molecule has 0 unspecified atom stereocenters. The molecule has 0 spiro atoms. The smallest absolute Gasteiger partial charge is 0.0847 e. The zero-order valence-electron chi connectivity index (χ0n) is 15.6. The van der Waals surface area contributed by atoms with E-state index in [0.29, 0.717) is 0 Å². The fraction of sp³-hybridized carbons (Fsp3) is 0.261. The van der Waals surface area contributed by atoms with E-state index in [9.17, 15) is 0 Å². The summed E-state index contributed by atoms with van der Waals surface area (Å²) in [6.07, 6.45) is 5.26. The second-order valence-corrected chi connectivity index (χ2v) is 7.49. The van der Waals surface area contributed by atoms with Gasteiger partial charge in [0, 0.05) is 22.7 Å². The standard InChI is InChI=1S/C23H24N2S/c1-4-15-11-19(12-16(5-2)20(15)6-3)23-14-22(25-26-23)17-7-8-21-18(13-17)9-10-24-21/h7-14,24H,4-6H2,1-3H3. The Labute approximate surface area is 159 Å². The minimum absolute atomic E-state index is 1.06. The molecule has 0 radical (unpaired) electrons. The lowest BCUT2D eigenvalue weighted by Gasteiger charge is -2.13. The Kier molecular flexibility index (Phi) is 4.64. The van der Waals surface area contributed by atoms with Crippen molar-refractivity contribution in [3.8, 4) is 21.7 Å². The van der Waals surface area contributed by atoms with Gasteiger partial charge in [0.25, 0.3) is 0 Å². The molecule has 0 aliphatic carbocycles. The van der Waals surface area contributed by atoms with Gasteiger partial charge in [-0.05, 0) is 77.3 Å². The molecule has 0 amide bonds. The van der Waals surface area contributed by atoms with Crippen LogP contribution in [0.5, 0.6) is 0 Å². The van der Waals surface area contributed by atoms with E-state index in [0.717, 1.165) is 25.0 Å². The minimum Gasteiger partial charge on any atom is -0.361 e. The highest BCUT2D eigenvalue weighted by Gasteiger charge is 2.12. The molecular weight excluding hydrogens is 336 g/mol. The predicted molar refractivity (Wildman–Crippen MR) is 113 cm³/mol. The van der Waals surface area contributed by atoms with Crippen molar-refractivity contribution in [1.82, 2.24) is 9.36 Å². The topological polar surface area (TPSA) is 28.7 Å². The molecule has 0 bridgehead atoms. The van der Waals surface area contributed by atoms with Crippen LogP contribution in [0.25, 0.3) is 32.6 Å². The summed E-state index contributed by atoms with van der Waals surface area (Å²) in [6, 6.07) is 15.6.